The Morgan fingerprint density at radius 3 is 2.62 bits per heavy atom. The Hall–Kier alpha value is -0.450. The third-order valence-corrected chi connectivity index (χ3v) is 2.30. The second kappa shape index (κ2) is 4.17. The van der Waals surface area contributed by atoms with E-state index in [-0.39, 0.29) is 12.5 Å². The Balaban J connectivity index is 2.94. The maximum Gasteiger partial charge on any atom is 0.257 e. The second-order valence-electron chi connectivity index (χ2n) is 3.11. The number of hydrogen-bond donors (Lipinski definition) is 0. The summed E-state index contributed by atoms with van der Waals surface area (Å²) in [6, 6.07) is 0. The van der Waals surface area contributed by atoms with Gasteiger partial charge in [-0.2, -0.15) is 5.10 Å². The largest absolute Gasteiger partial charge is 0.262 e. The molecule has 0 unspecified atom stereocenters. The average Bonchev–Trinajstić information content (AvgIpc) is 2.30. The number of halogens is 3. The summed E-state index contributed by atoms with van der Waals surface area (Å²) in [5.41, 5.74) is 0.820. The number of aromatic nitrogens is 2. The Bertz CT molecular complexity index is 284. The highest BCUT2D eigenvalue weighted by Gasteiger charge is 2.15. The first kappa shape index (κ1) is 10.6. The fraction of sp³-hybridized carbons (Fsp3) is 0.625. The molecule has 0 amide bonds. The topological polar surface area (TPSA) is 17.8 Å². The molecule has 74 valence electrons. The van der Waals surface area contributed by atoms with Gasteiger partial charge in [-0.25, -0.2) is 8.78 Å². The highest BCUT2D eigenvalue weighted by atomic mass is 79.9. The fourth-order valence-corrected chi connectivity index (χ4v) is 1.98. The summed E-state index contributed by atoms with van der Waals surface area (Å²) in [6.45, 7) is 3.56. The van der Waals surface area contributed by atoms with E-state index in [4.69, 9.17) is 0 Å². The number of hydrogen-bond acceptors (Lipinski definition) is 1. The number of rotatable bonds is 3. The molecule has 0 aliphatic heterocycles. The van der Waals surface area contributed by atoms with Crippen molar-refractivity contribution in [3.8, 4) is 0 Å². The van der Waals surface area contributed by atoms with E-state index in [2.05, 4.69) is 21.0 Å². The molecule has 5 heteroatoms. The van der Waals surface area contributed by atoms with E-state index in [1.165, 1.54) is 4.68 Å². The highest BCUT2D eigenvalue weighted by molar-refractivity contribution is 9.10. The van der Waals surface area contributed by atoms with Gasteiger partial charge in [0, 0.05) is 0 Å². The van der Waals surface area contributed by atoms with Gasteiger partial charge >= 0.3 is 0 Å². The van der Waals surface area contributed by atoms with Gasteiger partial charge in [0.1, 0.15) is 6.54 Å². The molecule has 1 aromatic rings. The van der Waals surface area contributed by atoms with Crippen molar-refractivity contribution in [2.75, 3.05) is 0 Å². The molecule has 0 spiro atoms. The van der Waals surface area contributed by atoms with Crippen LogP contribution < -0.4 is 0 Å². The highest BCUT2D eigenvalue weighted by Crippen LogP contribution is 2.24. The van der Waals surface area contributed by atoms with E-state index >= 15 is 0 Å². The normalized spacial score (nSPS) is 11.6. The monoisotopic (exact) mass is 252 g/mol. The summed E-state index contributed by atoms with van der Waals surface area (Å²) in [5.74, 6) is 0.190. The Morgan fingerprint density at radius 2 is 2.15 bits per heavy atom. The minimum Gasteiger partial charge on any atom is -0.262 e. The van der Waals surface area contributed by atoms with Crippen LogP contribution in [0.4, 0.5) is 8.78 Å². The van der Waals surface area contributed by atoms with E-state index in [0.29, 0.717) is 0 Å². The summed E-state index contributed by atoms with van der Waals surface area (Å²) >= 11 is 3.28. The molecule has 13 heavy (non-hydrogen) atoms. The van der Waals surface area contributed by atoms with Crippen molar-refractivity contribution in [1.82, 2.24) is 9.78 Å². The van der Waals surface area contributed by atoms with E-state index in [1.807, 2.05) is 13.8 Å². The van der Waals surface area contributed by atoms with Crippen molar-refractivity contribution in [2.24, 2.45) is 0 Å². The molecule has 1 aromatic heterocycles. The van der Waals surface area contributed by atoms with Crippen LogP contribution in [-0.4, -0.2) is 16.2 Å². The van der Waals surface area contributed by atoms with Crippen LogP contribution in [0.1, 0.15) is 25.5 Å². The van der Waals surface area contributed by atoms with Gasteiger partial charge in [-0.3, -0.25) is 4.68 Å². The maximum absolute atomic E-state index is 12.1. The molecule has 0 fully saturated rings. The first-order valence-corrected chi connectivity index (χ1v) is 4.81. The molecule has 0 aliphatic rings. The molecule has 0 radical (unpaired) electrons. The van der Waals surface area contributed by atoms with Gasteiger partial charge in [-0.05, 0) is 21.8 Å². The Kier molecular flexibility index (Phi) is 3.41. The van der Waals surface area contributed by atoms with Crippen LogP contribution in [0.5, 0.6) is 0 Å². The zero-order chi connectivity index (χ0) is 10.0. The van der Waals surface area contributed by atoms with E-state index in [9.17, 15) is 8.78 Å². The van der Waals surface area contributed by atoms with Crippen LogP contribution >= 0.6 is 15.9 Å². The minimum absolute atomic E-state index is 0.190. The summed E-state index contributed by atoms with van der Waals surface area (Å²) in [6.07, 6.45) is -0.804. The molecular formula is C8H11BrF2N2. The van der Waals surface area contributed by atoms with Crippen LogP contribution in [0.3, 0.4) is 0 Å². The van der Waals surface area contributed by atoms with Gasteiger partial charge in [0.2, 0.25) is 0 Å². The first-order chi connectivity index (χ1) is 6.02. The molecule has 0 aliphatic carbocycles. The summed E-state index contributed by atoms with van der Waals surface area (Å²) in [4.78, 5) is 0. The van der Waals surface area contributed by atoms with Crippen molar-refractivity contribution < 1.29 is 8.78 Å². The fourth-order valence-electron chi connectivity index (χ4n) is 1.22. The van der Waals surface area contributed by atoms with Gasteiger partial charge in [-0.15, -0.1) is 0 Å². The lowest BCUT2D eigenvalue weighted by Gasteiger charge is -2.09. The van der Waals surface area contributed by atoms with Crippen LogP contribution in [0.15, 0.2) is 10.7 Å². The molecule has 1 heterocycles. The number of nitrogens with zero attached hydrogens (tertiary/aromatic N) is 2. The van der Waals surface area contributed by atoms with Crippen LogP contribution in [0.25, 0.3) is 0 Å². The van der Waals surface area contributed by atoms with Gasteiger partial charge in [0.25, 0.3) is 6.43 Å². The van der Waals surface area contributed by atoms with Gasteiger partial charge in [0.15, 0.2) is 0 Å². The van der Waals surface area contributed by atoms with E-state index in [0.717, 1.165) is 10.2 Å². The molecular weight excluding hydrogens is 242 g/mol. The molecule has 2 nitrogen and oxygen atoms in total. The lowest BCUT2D eigenvalue weighted by molar-refractivity contribution is 0.120. The van der Waals surface area contributed by atoms with Crippen LogP contribution in [0, 0.1) is 0 Å². The molecule has 0 saturated heterocycles. The van der Waals surface area contributed by atoms with Crippen LogP contribution in [0.2, 0.25) is 0 Å². The van der Waals surface area contributed by atoms with Crippen molar-refractivity contribution >= 4 is 15.9 Å². The van der Waals surface area contributed by atoms with Crippen molar-refractivity contribution in [3.05, 3.63) is 16.4 Å². The third kappa shape index (κ3) is 2.49. The molecule has 0 bridgehead atoms. The smallest absolute Gasteiger partial charge is 0.257 e. The SMILES string of the molecule is CC(C)c1c(Br)cnn1CC(F)F. The average molecular weight is 253 g/mol. The quantitative estimate of drug-likeness (QED) is 0.809. The summed E-state index contributed by atoms with van der Waals surface area (Å²) in [5, 5.41) is 3.87. The summed E-state index contributed by atoms with van der Waals surface area (Å²) in [7, 11) is 0. The van der Waals surface area contributed by atoms with Gasteiger partial charge in [0.05, 0.1) is 16.4 Å². The first-order valence-electron chi connectivity index (χ1n) is 4.01. The second-order valence-corrected chi connectivity index (χ2v) is 3.96. The maximum atomic E-state index is 12.1. The van der Waals surface area contributed by atoms with Crippen molar-refractivity contribution in [1.29, 1.82) is 0 Å². The lowest BCUT2D eigenvalue weighted by Crippen LogP contribution is -2.12. The van der Waals surface area contributed by atoms with E-state index < -0.39 is 6.43 Å². The molecule has 0 saturated carbocycles. The van der Waals surface area contributed by atoms with Gasteiger partial charge < -0.3 is 0 Å². The Labute approximate surface area is 84.1 Å². The van der Waals surface area contributed by atoms with Crippen LogP contribution in [-0.2, 0) is 6.54 Å². The molecule has 0 N–H and O–H groups in total. The minimum atomic E-state index is -2.36. The standard InChI is InChI=1S/C8H11BrF2N2/c1-5(2)8-6(9)3-12-13(8)4-7(10)11/h3,5,7H,4H2,1-2H3. The van der Waals surface area contributed by atoms with Crippen molar-refractivity contribution in [2.45, 2.75) is 32.7 Å². The van der Waals surface area contributed by atoms with E-state index in [1.54, 1.807) is 6.20 Å². The zero-order valence-electron chi connectivity index (χ0n) is 7.47. The molecule has 0 aromatic carbocycles. The molecule has 0 atom stereocenters. The van der Waals surface area contributed by atoms with Gasteiger partial charge in [-0.1, -0.05) is 13.8 Å². The third-order valence-electron chi connectivity index (χ3n) is 1.69. The molecule has 1 rings (SSSR count). The predicted molar refractivity (Wildman–Crippen MR) is 50.0 cm³/mol. The zero-order valence-corrected chi connectivity index (χ0v) is 9.05. The summed E-state index contributed by atoms with van der Waals surface area (Å²) < 4.78 is 26.3. The lowest BCUT2D eigenvalue weighted by atomic mass is 10.1. The van der Waals surface area contributed by atoms with Crippen molar-refractivity contribution in [3.63, 3.8) is 0 Å². The Morgan fingerprint density at radius 1 is 1.54 bits per heavy atom. The number of alkyl halides is 2. The predicted octanol–water partition coefficient (Wildman–Crippen LogP) is 3.03.